The summed E-state index contributed by atoms with van der Waals surface area (Å²) < 4.78 is 28.7. The monoisotopic (exact) mass is 481 g/mol. The van der Waals surface area contributed by atoms with Crippen LogP contribution in [0.25, 0.3) is 22.3 Å². The van der Waals surface area contributed by atoms with Gasteiger partial charge in [0.05, 0.1) is 4.90 Å². The minimum Gasteiger partial charge on any atom is -0.480 e. The molecule has 1 fully saturated rings. The van der Waals surface area contributed by atoms with Gasteiger partial charge in [0, 0.05) is 5.92 Å². The average Bonchev–Trinajstić information content (AvgIpc) is 3.48. The molecule has 174 valence electrons. The van der Waals surface area contributed by atoms with Crippen molar-refractivity contribution in [2.45, 2.75) is 29.2 Å². The van der Waals surface area contributed by atoms with E-state index in [2.05, 4.69) is 41.1 Å². The predicted molar refractivity (Wildman–Crippen MR) is 135 cm³/mol. The van der Waals surface area contributed by atoms with Gasteiger partial charge in [0.15, 0.2) is 0 Å². The lowest BCUT2D eigenvalue weighted by molar-refractivity contribution is -0.140. The SMILES string of the molecule is O=C(O)C1(NS(=O)(=O)c2ccc(-c3ccc4c(c3)Cc3ccccc3-4)cc2)CC1c1ccccc1. The van der Waals surface area contributed by atoms with E-state index in [4.69, 9.17) is 0 Å². The lowest BCUT2D eigenvalue weighted by Crippen LogP contribution is -2.44. The van der Waals surface area contributed by atoms with Crippen LogP contribution in [0.5, 0.6) is 0 Å². The number of rotatable bonds is 6. The smallest absolute Gasteiger partial charge is 0.325 e. The molecule has 0 radical (unpaired) electrons. The van der Waals surface area contributed by atoms with Gasteiger partial charge in [-0.1, -0.05) is 84.9 Å². The van der Waals surface area contributed by atoms with E-state index in [-0.39, 0.29) is 11.3 Å². The summed E-state index contributed by atoms with van der Waals surface area (Å²) in [4.78, 5) is 12.1. The van der Waals surface area contributed by atoms with Crippen LogP contribution < -0.4 is 4.72 Å². The Balaban J connectivity index is 1.24. The Labute approximate surface area is 204 Å². The molecular formula is C29H23NO4S. The largest absolute Gasteiger partial charge is 0.480 e. The third-order valence-electron chi connectivity index (χ3n) is 7.15. The van der Waals surface area contributed by atoms with Gasteiger partial charge in [0.1, 0.15) is 5.54 Å². The summed E-state index contributed by atoms with van der Waals surface area (Å²) in [5, 5.41) is 9.85. The molecule has 6 heteroatoms. The van der Waals surface area contributed by atoms with Crippen molar-refractivity contribution in [1.29, 1.82) is 0 Å². The summed E-state index contributed by atoms with van der Waals surface area (Å²) in [5.41, 5.74) is 6.29. The fourth-order valence-electron chi connectivity index (χ4n) is 5.19. The number of aliphatic carboxylic acids is 1. The molecule has 0 amide bonds. The minimum atomic E-state index is -4.02. The van der Waals surface area contributed by atoms with Crippen LogP contribution in [0.2, 0.25) is 0 Å². The molecule has 4 aromatic rings. The Bertz CT molecular complexity index is 1560. The fourth-order valence-corrected chi connectivity index (χ4v) is 6.60. The topological polar surface area (TPSA) is 83.5 Å². The maximum absolute atomic E-state index is 13.1. The van der Waals surface area contributed by atoms with Crippen LogP contribution >= 0.6 is 0 Å². The number of hydrogen-bond acceptors (Lipinski definition) is 3. The molecule has 2 atom stereocenters. The van der Waals surface area contributed by atoms with E-state index < -0.39 is 27.4 Å². The molecular weight excluding hydrogens is 458 g/mol. The van der Waals surface area contributed by atoms with Gasteiger partial charge in [-0.2, -0.15) is 4.72 Å². The Morgan fingerprint density at radius 2 is 1.46 bits per heavy atom. The van der Waals surface area contributed by atoms with Gasteiger partial charge in [-0.25, -0.2) is 8.42 Å². The summed E-state index contributed by atoms with van der Waals surface area (Å²) in [7, 11) is -4.02. The van der Waals surface area contributed by atoms with Crippen LogP contribution in [0, 0.1) is 0 Å². The number of carboxylic acids is 1. The number of fused-ring (bicyclic) bond motifs is 3. The molecule has 2 unspecified atom stereocenters. The predicted octanol–water partition coefficient (Wildman–Crippen LogP) is 5.21. The lowest BCUT2D eigenvalue weighted by Gasteiger charge is -2.16. The third-order valence-corrected chi connectivity index (χ3v) is 8.68. The summed E-state index contributed by atoms with van der Waals surface area (Å²) in [6.45, 7) is 0. The lowest BCUT2D eigenvalue weighted by atomic mass is 9.99. The highest BCUT2D eigenvalue weighted by Crippen LogP contribution is 2.52. The van der Waals surface area contributed by atoms with Crippen molar-refractivity contribution in [3.63, 3.8) is 0 Å². The Hall–Kier alpha value is -3.74. The van der Waals surface area contributed by atoms with E-state index >= 15 is 0 Å². The summed E-state index contributed by atoms with van der Waals surface area (Å²) in [5.74, 6) is -1.56. The van der Waals surface area contributed by atoms with Gasteiger partial charge in [0.2, 0.25) is 10.0 Å². The van der Waals surface area contributed by atoms with Crippen LogP contribution in [-0.2, 0) is 21.2 Å². The van der Waals surface area contributed by atoms with E-state index in [1.54, 1.807) is 12.1 Å². The molecule has 5 nitrogen and oxygen atoms in total. The second kappa shape index (κ2) is 7.90. The molecule has 0 spiro atoms. The normalized spacial score (nSPS) is 20.2. The molecule has 2 N–H and O–H groups in total. The highest BCUT2D eigenvalue weighted by Gasteiger charge is 2.63. The molecule has 2 aliphatic rings. The van der Waals surface area contributed by atoms with Crippen molar-refractivity contribution in [1.82, 2.24) is 4.72 Å². The van der Waals surface area contributed by atoms with E-state index in [9.17, 15) is 18.3 Å². The van der Waals surface area contributed by atoms with Crippen molar-refractivity contribution >= 4 is 16.0 Å². The van der Waals surface area contributed by atoms with Crippen molar-refractivity contribution in [2.24, 2.45) is 0 Å². The summed E-state index contributed by atoms with van der Waals surface area (Å²) >= 11 is 0. The van der Waals surface area contributed by atoms with Crippen molar-refractivity contribution < 1.29 is 18.3 Å². The highest BCUT2D eigenvalue weighted by atomic mass is 32.2. The first-order valence-corrected chi connectivity index (χ1v) is 13.0. The van der Waals surface area contributed by atoms with Crippen LogP contribution in [0.4, 0.5) is 0 Å². The van der Waals surface area contributed by atoms with Crippen LogP contribution in [0.15, 0.2) is 102 Å². The Kier molecular flexibility index (Phi) is 4.91. The van der Waals surface area contributed by atoms with Gasteiger partial charge >= 0.3 is 5.97 Å². The van der Waals surface area contributed by atoms with Gasteiger partial charge < -0.3 is 5.11 Å². The zero-order chi connectivity index (χ0) is 24.2. The van der Waals surface area contributed by atoms with Gasteiger partial charge in [-0.3, -0.25) is 4.79 Å². The van der Waals surface area contributed by atoms with E-state index in [1.165, 1.54) is 34.4 Å². The zero-order valence-corrected chi connectivity index (χ0v) is 19.6. The molecule has 0 aliphatic heterocycles. The average molecular weight is 482 g/mol. The summed E-state index contributed by atoms with van der Waals surface area (Å²) in [6.07, 6.45) is 1.11. The molecule has 6 rings (SSSR count). The fraction of sp³-hybridized carbons (Fsp3) is 0.138. The number of benzene rings is 4. The number of carbonyl (C=O) groups is 1. The quantitative estimate of drug-likeness (QED) is 0.349. The maximum atomic E-state index is 13.1. The van der Waals surface area contributed by atoms with Gasteiger partial charge in [-0.05, 0) is 63.9 Å². The van der Waals surface area contributed by atoms with Gasteiger partial charge in [-0.15, -0.1) is 0 Å². The number of sulfonamides is 1. The molecule has 0 aromatic heterocycles. The number of nitrogens with one attached hydrogen (secondary N) is 1. The maximum Gasteiger partial charge on any atom is 0.325 e. The number of carboxylic acid groups (broad SMARTS) is 1. The van der Waals surface area contributed by atoms with Gasteiger partial charge in [0.25, 0.3) is 0 Å². The molecule has 2 aliphatic carbocycles. The molecule has 0 saturated heterocycles. The Morgan fingerprint density at radius 3 is 2.20 bits per heavy atom. The van der Waals surface area contributed by atoms with Crippen molar-refractivity contribution in [3.05, 3.63) is 114 Å². The van der Waals surface area contributed by atoms with Crippen molar-refractivity contribution in [2.75, 3.05) is 0 Å². The van der Waals surface area contributed by atoms with Crippen LogP contribution in [-0.4, -0.2) is 25.0 Å². The first-order chi connectivity index (χ1) is 16.9. The number of hydrogen-bond donors (Lipinski definition) is 2. The van der Waals surface area contributed by atoms with E-state index in [0.29, 0.717) is 0 Å². The van der Waals surface area contributed by atoms with E-state index in [0.717, 1.165) is 23.1 Å². The van der Waals surface area contributed by atoms with Crippen LogP contribution in [0.1, 0.15) is 29.0 Å². The first kappa shape index (κ1) is 21.8. The molecule has 0 bridgehead atoms. The second-order valence-corrected chi connectivity index (χ2v) is 11.0. The van der Waals surface area contributed by atoms with Crippen LogP contribution in [0.3, 0.4) is 0 Å². The summed E-state index contributed by atoms with van der Waals surface area (Å²) in [6, 6.07) is 30.5. The molecule has 35 heavy (non-hydrogen) atoms. The first-order valence-electron chi connectivity index (χ1n) is 11.5. The highest BCUT2D eigenvalue weighted by molar-refractivity contribution is 7.89. The minimum absolute atomic E-state index is 0.0501. The molecule has 4 aromatic carbocycles. The van der Waals surface area contributed by atoms with E-state index in [1.807, 2.05) is 36.4 Å². The zero-order valence-electron chi connectivity index (χ0n) is 18.8. The third kappa shape index (κ3) is 3.66. The standard InChI is InChI=1S/C29H23NO4S/c31-28(32)29(18-27(29)20-6-2-1-3-7-20)30-35(33,34)24-13-10-19(11-14-24)21-12-15-26-23(16-21)17-22-8-4-5-9-25(22)26/h1-16,27,30H,17-18H2,(H,31,32). The molecule has 0 heterocycles. The van der Waals surface area contributed by atoms with Crippen molar-refractivity contribution in [3.8, 4) is 22.3 Å². The Morgan fingerprint density at radius 1 is 0.800 bits per heavy atom. The second-order valence-electron chi connectivity index (χ2n) is 9.28. The molecule has 1 saturated carbocycles.